The Morgan fingerprint density at radius 1 is 1.25 bits per heavy atom. The minimum Gasteiger partial charge on any atom is -0.461 e. The average molecular weight is 338 g/mol. The van der Waals surface area contributed by atoms with Gasteiger partial charge in [-0.05, 0) is 24.3 Å². The van der Waals surface area contributed by atoms with Crippen molar-refractivity contribution in [2.24, 2.45) is 0 Å². The fraction of sp³-hybridized carbons (Fsp3) is 0.118. The molecular formula is C17H14N4O2S. The molecule has 0 aliphatic carbocycles. The zero-order chi connectivity index (χ0) is 16.8. The van der Waals surface area contributed by atoms with Crippen molar-refractivity contribution in [3.8, 4) is 29.6 Å². The van der Waals surface area contributed by atoms with Crippen molar-refractivity contribution in [1.29, 1.82) is 0 Å². The molecule has 120 valence electrons. The Morgan fingerprint density at radius 2 is 2.08 bits per heavy atom. The Kier molecular flexibility index (Phi) is 4.99. The number of nitrogens with zero attached hydrogens (tertiary/aromatic N) is 3. The van der Waals surface area contributed by atoms with Crippen molar-refractivity contribution in [3.05, 3.63) is 48.7 Å². The molecule has 1 N–H and O–H groups in total. The molecule has 0 unspecified atom stereocenters. The lowest BCUT2D eigenvalue weighted by atomic mass is 10.3. The van der Waals surface area contributed by atoms with Crippen LogP contribution in [0.5, 0.6) is 0 Å². The SMILES string of the molecule is C#CCNC(=O)CSc1nnc(-c2ccco2)n1-c1ccccc1. The predicted octanol–water partition coefficient (Wildman–Crippen LogP) is 2.37. The van der Waals surface area contributed by atoms with Gasteiger partial charge in [0, 0.05) is 5.69 Å². The summed E-state index contributed by atoms with van der Waals surface area (Å²) >= 11 is 1.29. The fourth-order valence-corrected chi connectivity index (χ4v) is 2.85. The molecule has 0 saturated carbocycles. The van der Waals surface area contributed by atoms with Crippen molar-refractivity contribution >= 4 is 17.7 Å². The molecule has 2 aromatic heterocycles. The Hall–Kier alpha value is -2.98. The Balaban J connectivity index is 1.90. The molecule has 1 amide bonds. The van der Waals surface area contributed by atoms with Gasteiger partial charge in [0.2, 0.25) is 11.7 Å². The van der Waals surface area contributed by atoms with Gasteiger partial charge in [-0.2, -0.15) is 0 Å². The number of para-hydroxylation sites is 1. The second kappa shape index (κ2) is 7.53. The number of aromatic nitrogens is 3. The Morgan fingerprint density at radius 3 is 2.79 bits per heavy atom. The zero-order valence-corrected chi connectivity index (χ0v) is 13.5. The summed E-state index contributed by atoms with van der Waals surface area (Å²) in [7, 11) is 0. The van der Waals surface area contributed by atoms with Crippen LogP contribution in [0.15, 0.2) is 58.3 Å². The van der Waals surface area contributed by atoms with Crippen molar-refractivity contribution in [3.63, 3.8) is 0 Å². The van der Waals surface area contributed by atoms with Gasteiger partial charge in [0.1, 0.15) is 0 Å². The van der Waals surface area contributed by atoms with E-state index in [1.54, 1.807) is 12.3 Å². The number of carbonyl (C=O) groups excluding carboxylic acids is 1. The van der Waals surface area contributed by atoms with Gasteiger partial charge < -0.3 is 9.73 Å². The maximum absolute atomic E-state index is 11.8. The van der Waals surface area contributed by atoms with Gasteiger partial charge in [0.05, 0.1) is 18.6 Å². The molecule has 0 aliphatic heterocycles. The number of carbonyl (C=O) groups is 1. The van der Waals surface area contributed by atoms with Crippen LogP contribution >= 0.6 is 11.8 Å². The first-order valence-corrected chi connectivity index (χ1v) is 8.16. The summed E-state index contributed by atoms with van der Waals surface area (Å²) < 4.78 is 7.30. The fourth-order valence-electron chi connectivity index (χ4n) is 2.07. The van der Waals surface area contributed by atoms with Gasteiger partial charge in [0.25, 0.3) is 0 Å². The van der Waals surface area contributed by atoms with E-state index in [2.05, 4.69) is 21.4 Å². The van der Waals surface area contributed by atoms with E-state index in [1.165, 1.54) is 11.8 Å². The number of benzene rings is 1. The number of thioether (sulfide) groups is 1. The zero-order valence-electron chi connectivity index (χ0n) is 12.7. The lowest BCUT2D eigenvalue weighted by Gasteiger charge is -2.08. The van der Waals surface area contributed by atoms with E-state index in [4.69, 9.17) is 10.8 Å². The molecule has 0 fully saturated rings. The van der Waals surface area contributed by atoms with Crippen LogP contribution in [0, 0.1) is 12.3 Å². The third-order valence-corrected chi connectivity index (χ3v) is 4.04. The standard InChI is InChI=1S/C17H14N4O2S/c1-2-10-18-15(22)12-24-17-20-19-16(14-9-6-11-23-14)21(17)13-7-4-3-5-8-13/h1,3-9,11H,10,12H2,(H,18,22). The second-order valence-corrected chi connectivity index (χ2v) is 5.67. The first kappa shape index (κ1) is 15.9. The van der Waals surface area contributed by atoms with Crippen molar-refractivity contribution in [2.75, 3.05) is 12.3 Å². The van der Waals surface area contributed by atoms with Crippen LogP contribution in [0.2, 0.25) is 0 Å². The molecule has 1 aromatic carbocycles. The van der Waals surface area contributed by atoms with Crippen LogP contribution < -0.4 is 5.32 Å². The maximum Gasteiger partial charge on any atom is 0.231 e. The number of hydrogen-bond donors (Lipinski definition) is 1. The highest BCUT2D eigenvalue weighted by Crippen LogP contribution is 2.27. The summed E-state index contributed by atoms with van der Waals surface area (Å²) in [6.45, 7) is 0.211. The molecule has 3 rings (SSSR count). The van der Waals surface area contributed by atoms with Crippen LogP contribution in [0.3, 0.4) is 0 Å². The quantitative estimate of drug-likeness (QED) is 0.552. The number of furan rings is 1. The summed E-state index contributed by atoms with van der Waals surface area (Å²) in [5.74, 6) is 3.60. The van der Waals surface area contributed by atoms with Crippen LogP contribution in [0.4, 0.5) is 0 Å². The van der Waals surface area contributed by atoms with Crippen LogP contribution in [0.1, 0.15) is 0 Å². The highest BCUT2D eigenvalue weighted by atomic mass is 32.2. The third kappa shape index (κ3) is 3.50. The number of nitrogens with one attached hydrogen (secondary N) is 1. The molecule has 2 heterocycles. The summed E-state index contributed by atoms with van der Waals surface area (Å²) in [6, 6.07) is 13.3. The van der Waals surface area contributed by atoms with E-state index >= 15 is 0 Å². The summed E-state index contributed by atoms with van der Waals surface area (Å²) in [5.41, 5.74) is 0.889. The highest BCUT2D eigenvalue weighted by molar-refractivity contribution is 7.99. The predicted molar refractivity (Wildman–Crippen MR) is 91.6 cm³/mol. The molecule has 3 aromatic rings. The molecular weight excluding hydrogens is 324 g/mol. The molecule has 0 saturated heterocycles. The van der Waals surface area contributed by atoms with E-state index < -0.39 is 0 Å². The minimum atomic E-state index is -0.153. The van der Waals surface area contributed by atoms with Crippen molar-refractivity contribution in [2.45, 2.75) is 5.16 Å². The topological polar surface area (TPSA) is 73.0 Å². The molecule has 6 nitrogen and oxygen atoms in total. The largest absolute Gasteiger partial charge is 0.461 e. The van der Waals surface area contributed by atoms with Gasteiger partial charge in [-0.15, -0.1) is 16.6 Å². The van der Waals surface area contributed by atoms with Gasteiger partial charge in [0.15, 0.2) is 10.9 Å². The number of terminal acetylenes is 1. The van der Waals surface area contributed by atoms with E-state index in [0.717, 1.165) is 5.69 Å². The third-order valence-electron chi connectivity index (χ3n) is 3.11. The molecule has 24 heavy (non-hydrogen) atoms. The first-order chi connectivity index (χ1) is 11.8. The smallest absolute Gasteiger partial charge is 0.231 e. The van der Waals surface area contributed by atoms with Crippen molar-refractivity contribution in [1.82, 2.24) is 20.1 Å². The van der Waals surface area contributed by atoms with Crippen LogP contribution in [0.25, 0.3) is 17.3 Å². The highest BCUT2D eigenvalue weighted by Gasteiger charge is 2.18. The lowest BCUT2D eigenvalue weighted by Crippen LogP contribution is -2.25. The molecule has 0 aliphatic rings. The van der Waals surface area contributed by atoms with Gasteiger partial charge in [-0.3, -0.25) is 9.36 Å². The van der Waals surface area contributed by atoms with Gasteiger partial charge in [-0.1, -0.05) is 35.9 Å². The first-order valence-electron chi connectivity index (χ1n) is 7.17. The van der Waals surface area contributed by atoms with Gasteiger partial charge in [-0.25, -0.2) is 0 Å². The summed E-state index contributed by atoms with van der Waals surface area (Å²) in [5, 5.41) is 11.6. The van der Waals surface area contributed by atoms with Crippen molar-refractivity contribution < 1.29 is 9.21 Å². The molecule has 0 atom stereocenters. The maximum atomic E-state index is 11.8. The molecule has 0 bridgehead atoms. The lowest BCUT2D eigenvalue weighted by molar-refractivity contribution is -0.118. The molecule has 0 radical (unpaired) electrons. The minimum absolute atomic E-state index is 0.153. The molecule has 0 spiro atoms. The Labute approximate surface area is 143 Å². The number of rotatable bonds is 6. The van der Waals surface area contributed by atoms with E-state index in [9.17, 15) is 4.79 Å². The van der Waals surface area contributed by atoms with E-state index in [1.807, 2.05) is 41.0 Å². The Bertz CT molecular complexity index is 851. The number of amides is 1. The van der Waals surface area contributed by atoms with Gasteiger partial charge >= 0.3 is 0 Å². The number of hydrogen-bond acceptors (Lipinski definition) is 5. The normalized spacial score (nSPS) is 10.3. The van der Waals surface area contributed by atoms with Crippen LogP contribution in [-0.4, -0.2) is 33.0 Å². The monoisotopic (exact) mass is 338 g/mol. The van der Waals surface area contributed by atoms with Crippen LogP contribution in [-0.2, 0) is 4.79 Å². The van der Waals surface area contributed by atoms with E-state index in [0.29, 0.717) is 16.7 Å². The van der Waals surface area contributed by atoms with E-state index in [-0.39, 0.29) is 18.2 Å². The second-order valence-electron chi connectivity index (χ2n) is 4.72. The molecule has 7 heteroatoms. The summed E-state index contributed by atoms with van der Waals surface area (Å²) in [4.78, 5) is 11.8. The average Bonchev–Trinajstić information content (AvgIpc) is 3.27. The summed E-state index contributed by atoms with van der Waals surface area (Å²) in [6.07, 6.45) is 6.72.